The molecular weight excluding hydrogens is 490 g/mol. The molecule has 0 bridgehead atoms. The van der Waals surface area contributed by atoms with Crippen molar-refractivity contribution in [2.24, 2.45) is 5.92 Å². The van der Waals surface area contributed by atoms with Crippen molar-refractivity contribution in [2.45, 2.75) is 76.7 Å². The summed E-state index contributed by atoms with van der Waals surface area (Å²) in [4.78, 5) is 28.6. The van der Waals surface area contributed by atoms with Gasteiger partial charge >= 0.3 is 6.09 Å². The minimum Gasteiger partial charge on any atom is -0.445 e. The van der Waals surface area contributed by atoms with Crippen LogP contribution in [-0.2, 0) is 21.7 Å². The summed E-state index contributed by atoms with van der Waals surface area (Å²) in [6.45, 7) is 7.35. The van der Waals surface area contributed by atoms with Gasteiger partial charge in [-0.05, 0) is 63.5 Å². The van der Waals surface area contributed by atoms with E-state index in [9.17, 15) is 14.7 Å². The molecule has 1 aliphatic heterocycles. The van der Waals surface area contributed by atoms with Crippen molar-refractivity contribution in [1.82, 2.24) is 15.5 Å². The Morgan fingerprint density at radius 1 is 0.949 bits per heavy atom. The third kappa shape index (κ3) is 7.93. The van der Waals surface area contributed by atoms with Gasteiger partial charge in [-0.15, -0.1) is 0 Å². The smallest absolute Gasteiger partial charge is 0.407 e. The standard InChI is InChI=1S/C32H43N3O4/c1-24(2)10-9-19-35-20-17-28(18-21-35)33-30(36)32(38,26-13-7-4-8-14-26)27-15-16-29(22-27)34-31(37)39-23-25-11-5-3-6-12-25/h3-8,10-14,27-29,38H,9,15-23H2,1-2H3,(H,33,36)(H,34,37)/t27-,29?,32+/m0/s1. The van der Waals surface area contributed by atoms with Crippen molar-refractivity contribution < 1.29 is 19.4 Å². The Balaban J connectivity index is 1.34. The first-order chi connectivity index (χ1) is 18.8. The number of carbonyl (C=O) groups excluding carboxylic acids is 2. The molecule has 2 amide bonds. The number of hydrogen-bond acceptors (Lipinski definition) is 5. The van der Waals surface area contributed by atoms with E-state index in [0.29, 0.717) is 24.8 Å². The number of allylic oxidation sites excluding steroid dienone is 1. The second-order valence-electron chi connectivity index (χ2n) is 11.2. The Hall–Kier alpha value is -3.16. The van der Waals surface area contributed by atoms with Crippen molar-refractivity contribution in [3.8, 4) is 0 Å². The van der Waals surface area contributed by atoms with Crippen LogP contribution in [0.4, 0.5) is 4.79 Å². The molecule has 2 aromatic carbocycles. The van der Waals surface area contributed by atoms with Gasteiger partial charge in [0, 0.05) is 37.6 Å². The van der Waals surface area contributed by atoms with E-state index in [1.54, 1.807) is 0 Å². The molecule has 4 rings (SSSR count). The van der Waals surface area contributed by atoms with E-state index < -0.39 is 11.7 Å². The molecule has 0 spiro atoms. The van der Waals surface area contributed by atoms with Crippen LogP contribution in [0.1, 0.15) is 63.5 Å². The second kappa shape index (κ2) is 13.8. The second-order valence-corrected chi connectivity index (χ2v) is 11.2. The predicted molar refractivity (Wildman–Crippen MR) is 153 cm³/mol. The van der Waals surface area contributed by atoms with Gasteiger partial charge in [-0.2, -0.15) is 0 Å². The minimum atomic E-state index is -1.66. The van der Waals surface area contributed by atoms with Crippen LogP contribution in [-0.4, -0.2) is 53.7 Å². The number of nitrogens with one attached hydrogen (secondary N) is 2. The van der Waals surface area contributed by atoms with Crippen LogP contribution in [0.5, 0.6) is 0 Å². The summed E-state index contributed by atoms with van der Waals surface area (Å²) in [6, 6.07) is 18.6. The third-order valence-electron chi connectivity index (χ3n) is 8.04. The summed E-state index contributed by atoms with van der Waals surface area (Å²) in [5, 5.41) is 18.2. The maximum Gasteiger partial charge on any atom is 0.407 e. The maximum absolute atomic E-state index is 13.7. The molecule has 2 aliphatic rings. The predicted octanol–water partition coefficient (Wildman–Crippen LogP) is 4.91. The normalized spacial score (nSPS) is 21.5. The number of alkyl carbamates (subject to hydrolysis) is 1. The van der Waals surface area contributed by atoms with Gasteiger partial charge in [-0.25, -0.2) is 4.79 Å². The third-order valence-corrected chi connectivity index (χ3v) is 8.04. The van der Waals surface area contributed by atoms with E-state index in [0.717, 1.165) is 44.5 Å². The number of carbonyl (C=O) groups is 2. The number of hydrogen-bond donors (Lipinski definition) is 3. The van der Waals surface area contributed by atoms with Crippen molar-refractivity contribution in [3.05, 3.63) is 83.4 Å². The van der Waals surface area contributed by atoms with Crippen LogP contribution < -0.4 is 10.6 Å². The van der Waals surface area contributed by atoms with E-state index in [1.807, 2.05) is 60.7 Å². The highest BCUT2D eigenvalue weighted by atomic mass is 16.5. The molecule has 2 fully saturated rings. The largest absolute Gasteiger partial charge is 0.445 e. The first-order valence-corrected chi connectivity index (χ1v) is 14.3. The number of likely N-dealkylation sites (tertiary alicyclic amines) is 1. The van der Waals surface area contributed by atoms with Gasteiger partial charge in [0.1, 0.15) is 6.61 Å². The highest BCUT2D eigenvalue weighted by Crippen LogP contribution is 2.41. The van der Waals surface area contributed by atoms with Crippen LogP contribution in [0.15, 0.2) is 72.3 Å². The van der Waals surface area contributed by atoms with Crippen molar-refractivity contribution in [3.63, 3.8) is 0 Å². The first kappa shape index (κ1) is 28.8. The Morgan fingerprint density at radius 2 is 1.62 bits per heavy atom. The van der Waals surface area contributed by atoms with Gasteiger partial charge in [-0.1, -0.05) is 72.3 Å². The lowest BCUT2D eigenvalue weighted by molar-refractivity contribution is -0.148. The van der Waals surface area contributed by atoms with Crippen LogP contribution in [0.25, 0.3) is 0 Å². The molecule has 3 atom stereocenters. The lowest BCUT2D eigenvalue weighted by Crippen LogP contribution is -2.54. The molecule has 1 saturated heterocycles. The molecule has 7 nitrogen and oxygen atoms in total. The molecule has 0 aromatic heterocycles. The Bertz CT molecular complexity index is 1090. The monoisotopic (exact) mass is 533 g/mol. The summed E-state index contributed by atoms with van der Waals surface area (Å²) < 4.78 is 5.39. The molecule has 39 heavy (non-hydrogen) atoms. The maximum atomic E-state index is 13.7. The molecule has 1 aliphatic carbocycles. The van der Waals surface area contributed by atoms with Crippen molar-refractivity contribution >= 4 is 12.0 Å². The van der Waals surface area contributed by atoms with E-state index in [1.165, 1.54) is 5.57 Å². The fourth-order valence-electron chi connectivity index (χ4n) is 5.80. The average Bonchev–Trinajstić information content (AvgIpc) is 3.42. The number of nitrogens with zero attached hydrogens (tertiary/aromatic N) is 1. The quantitative estimate of drug-likeness (QED) is 0.378. The van der Waals surface area contributed by atoms with Gasteiger partial charge in [0.15, 0.2) is 5.60 Å². The number of benzene rings is 2. The first-order valence-electron chi connectivity index (χ1n) is 14.3. The summed E-state index contributed by atoms with van der Waals surface area (Å²) in [5.41, 5.74) is 1.20. The summed E-state index contributed by atoms with van der Waals surface area (Å²) in [7, 11) is 0. The number of aliphatic hydroxyl groups is 1. The molecule has 1 unspecified atom stereocenters. The number of piperidine rings is 1. The Kier molecular flexibility index (Phi) is 10.2. The Morgan fingerprint density at radius 3 is 2.28 bits per heavy atom. The summed E-state index contributed by atoms with van der Waals surface area (Å²) >= 11 is 0. The van der Waals surface area contributed by atoms with Gasteiger partial charge in [0.2, 0.25) is 0 Å². The van der Waals surface area contributed by atoms with E-state index >= 15 is 0 Å². The minimum absolute atomic E-state index is 0.0377. The number of rotatable bonds is 10. The zero-order chi connectivity index (χ0) is 27.7. The fourth-order valence-corrected chi connectivity index (χ4v) is 5.80. The molecule has 2 aromatic rings. The number of amides is 2. The number of ether oxygens (including phenoxy) is 1. The molecule has 1 heterocycles. The highest BCUT2D eigenvalue weighted by molar-refractivity contribution is 5.87. The molecule has 3 N–H and O–H groups in total. The zero-order valence-corrected chi connectivity index (χ0v) is 23.3. The van der Waals surface area contributed by atoms with E-state index in [-0.39, 0.29) is 30.5 Å². The van der Waals surface area contributed by atoms with Crippen LogP contribution in [0.2, 0.25) is 0 Å². The zero-order valence-electron chi connectivity index (χ0n) is 23.3. The summed E-state index contributed by atoms with van der Waals surface area (Å²) in [5.74, 6) is -0.655. The van der Waals surface area contributed by atoms with Gasteiger partial charge < -0.3 is 25.4 Å². The van der Waals surface area contributed by atoms with Crippen LogP contribution in [0.3, 0.4) is 0 Å². The topological polar surface area (TPSA) is 90.9 Å². The van der Waals surface area contributed by atoms with Gasteiger partial charge in [-0.3, -0.25) is 4.79 Å². The van der Waals surface area contributed by atoms with Gasteiger partial charge in [0.05, 0.1) is 0 Å². The average molecular weight is 534 g/mol. The van der Waals surface area contributed by atoms with Gasteiger partial charge in [0.25, 0.3) is 5.91 Å². The molecule has 7 heteroatoms. The molecule has 1 saturated carbocycles. The SMILES string of the molecule is CC(C)=CCCN1CCC(NC(=O)[C@@](O)(c2ccccc2)[C@H]2CCC(NC(=O)OCc3ccccc3)C2)CC1. The lowest BCUT2D eigenvalue weighted by atomic mass is 9.79. The fraction of sp³-hybridized carbons (Fsp3) is 0.500. The van der Waals surface area contributed by atoms with Crippen molar-refractivity contribution in [2.75, 3.05) is 19.6 Å². The van der Waals surface area contributed by atoms with E-state index in [2.05, 4.69) is 35.5 Å². The van der Waals surface area contributed by atoms with E-state index in [4.69, 9.17) is 4.74 Å². The lowest BCUT2D eigenvalue weighted by Gasteiger charge is -2.37. The summed E-state index contributed by atoms with van der Waals surface area (Å²) in [6.07, 6.45) is 6.38. The molecule has 210 valence electrons. The highest BCUT2D eigenvalue weighted by Gasteiger charge is 2.49. The molecule has 0 radical (unpaired) electrons. The molecular formula is C32H43N3O4. The van der Waals surface area contributed by atoms with Crippen LogP contribution in [0, 0.1) is 5.92 Å². The Labute approximate surface area is 232 Å². The van der Waals surface area contributed by atoms with Crippen LogP contribution >= 0.6 is 0 Å². The van der Waals surface area contributed by atoms with Crippen molar-refractivity contribution in [1.29, 1.82) is 0 Å².